The van der Waals surface area contributed by atoms with E-state index < -0.39 is 31.3 Å². The number of benzene rings is 4. The maximum atomic E-state index is 13.2. The fourth-order valence-electron chi connectivity index (χ4n) is 5.19. The molecular weight excluding hydrogens is 521 g/mol. The fourth-order valence-corrected chi connectivity index (χ4v) is 8.98. The van der Waals surface area contributed by atoms with Crippen molar-refractivity contribution in [1.29, 1.82) is 0 Å². The molecule has 0 saturated heterocycles. The van der Waals surface area contributed by atoms with Crippen LogP contribution in [0.15, 0.2) is 109 Å². The van der Waals surface area contributed by atoms with Crippen LogP contribution < -0.4 is 15.7 Å². The van der Waals surface area contributed by atoms with Crippen LogP contribution in [0.5, 0.6) is 0 Å². The molecular formula is C33H34FNO4Si. The minimum atomic E-state index is -3.21. The Balaban J connectivity index is 1.44. The largest absolute Gasteiger partial charge is 0.480 e. The number of aliphatic carboxylic acids is 1. The van der Waals surface area contributed by atoms with Gasteiger partial charge in [0.25, 0.3) is 14.2 Å². The van der Waals surface area contributed by atoms with Crippen molar-refractivity contribution in [2.75, 3.05) is 0 Å². The van der Waals surface area contributed by atoms with Crippen LogP contribution in [0.25, 0.3) is 11.1 Å². The van der Waals surface area contributed by atoms with Crippen LogP contribution in [-0.4, -0.2) is 36.1 Å². The predicted octanol–water partition coefficient (Wildman–Crippen LogP) is 5.38. The van der Waals surface area contributed by atoms with Gasteiger partial charge in [0.15, 0.2) is 0 Å². The Hall–Kier alpha value is -4.07. The molecule has 4 aromatic rings. The number of nitrogens with one attached hydrogen (secondary N) is 1. The Morgan fingerprint density at radius 3 is 1.75 bits per heavy atom. The van der Waals surface area contributed by atoms with E-state index in [0.717, 1.165) is 21.5 Å². The van der Waals surface area contributed by atoms with Crippen molar-refractivity contribution >= 4 is 30.6 Å². The fraction of sp³-hybridized carbons (Fsp3) is 0.212. The Morgan fingerprint density at radius 1 is 0.800 bits per heavy atom. The van der Waals surface area contributed by atoms with E-state index in [0.29, 0.717) is 18.4 Å². The highest BCUT2D eigenvalue weighted by Crippen LogP contribution is 2.40. The summed E-state index contributed by atoms with van der Waals surface area (Å²) in [5.41, 5.74) is 1.98. The van der Waals surface area contributed by atoms with Gasteiger partial charge in [-0.3, -0.25) is 4.79 Å². The molecule has 4 aromatic carbocycles. The van der Waals surface area contributed by atoms with Crippen molar-refractivity contribution in [3.8, 4) is 11.1 Å². The van der Waals surface area contributed by atoms with Gasteiger partial charge in [-0.2, -0.15) is 0 Å². The van der Waals surface area contributed by atoms with Crippen molar-refractivity contribution in [3.63, 3.8) is 0 Å². The van der Waals surface area contributed by atoms with Gasteiger partial charge < -0.3 is 15.2 Å². The molecule has 0 saturated carbocycles. The van der Waals surface area contributed by atoms with Gasteiger partial charge in [-0.25, -0.2) is 9.18 Å². The first-order valence-corrected chi connectivity index (χ1v) is 15.3. The van der Waals surface area contributed by atoms with Crippen LogP contribution in [0, 0.1) is 5.82 Å². The number of carboxylic acid groups (broad SMARTS) is 1. The van der Waals surface area contributed by atoms with Crippen LogP contribution in [0.2, 0.25) is 5.04 Å². The second-order valence-electron chi connectivity index (χ2n) is 10.7. The van der Waals surface area contributed by atoms with Gasteiger partial charge >= 0.3 is 5.97 Å². The lowest BCUT2D eigenvalue weighted by molar-refractivity contribution is -0.139. The van der Waals surface area contributed by atoms with Crippen LogP contribution in [0.3, 0.4) is 0 Å². The second kappa shape index (κ2) is 12.4. The van der Waals surface area contributed by atoms with Gasteiger partial charge in [-0.05, 0) is 63.6 Å². The molecule has 0 fully saturated rings. The van der Waals surface area contributed by atoms with Crippen molar-refractivity contribution in [2.45, 2.75) is 44.2 Å². The molecule has 40 heavy (non-hydrogen) atoms. The van der Waals surface area contributed by atoms with Gasteiger partial charge in [-0.1, -0.05) is 105 Å². The summed E-state index contributed by atoms with van der Waals surface area (Å²) in [5.74, 6) is -1.90. The number of carbonyl (C=O) groups is 2. The van der Waals surface area contributed by atoms with Gasteiger partial charge in [0.1, 0.15) is 11.9 Å². The maximum Gasteiger partial charge on any atom is 0.326 e. The summed E-state index contributed by atoms with van der Waals surface area (Å²) in [6, 6.07) is 31.1. The Kier molecular flexibility index (Phi) is 8.97. The summed E-state index contributed by atoms with van der Waals surface area (Å²) in [5, 5.41) is 13.8. The van der Waals surface area contributed by atoms with Crippen molar-refractivity contribution in [2.24, 2.45) is 0 Å². The van der Waals surface area contributed by atoms with Gasteiger partial charge in [0.05, 0.1) is 0 Å². The van der Waals surface area contributed by atoms with E-state index in [2.05, 4.69) is 5.32 Å². The highest BCUT2D eigenvalue weighted by Gasteiger charge is 2.49. The normalized spacial score (nSPS) is 12.5. The van der Waals surface area contributed by atoms with Crippen molar-refractivity contribution in [1.82, 2.24) is 5.32 Å². The zero-order chi connectivity index (χ0) is 28.8. The lowest BCUT2D eigenvalue weighted by Gasteiger charge is -2.41. The summed E-state index contributed by atoms with van der Waals surface area (Å²) >= 11 is 0. The molecule has 5 nitrogen and oxygen atoms in total. The highest BCUT2D eigenvalue weighted by molar-refractivity contribution is 6.98. The van der Waals surface area contributed by atoms with Crippen molar-refractivity contribution < 1.29 is 23.9 Å². The average molecular weight is 556 g/mol. The lowest BCUT2D eigenvalue weighted by atomic mass is 10.0. The van der Waals surface area contributed by atoms with E-state index in [4.69, 9.17) is 0 Å². The van der Waals surface area contributed by atoms with E-state index in [1.54, 1.807) is 36.4 Å². The SMILES string of the molecule is CC(C)(CCC[C@H](NC(=O)c1ccc(-c2ccc(F)cc2)cc1)C(=O)O)[Si](O)(c1ccccc1)c1ccccc1. The minimum Gasteiger partial charge on any atom is -0.480 e. The lowest BCUT2D eigenvalue weighted by Crippen LogP contribution is -2.65. The number of hydrogen-bond donors (Lipinski definition) is 3. The second-order valence-corrected chi connectivity index (χ2v) is 14.6. The maximum absolute atomic E-state index is 13.2. The highest BCUT2D eigenvalue weighted by atomic mass is 28.4. The monoisotopic (exact) mass is 555 g/mol. The molecule has 0 bridgehead atoms. The van der Waals surface area contributed by atoms with Gasteiger partial charge in [0, 0.05) is 5.56 Å². The van der Waals surface area contributed by atoms with Gasteiger partial charge in [-0.15, -0.1) is 0 Å². The van der Waals surface area contributed by atoms with Crippen LogP contribution in [0.1, 0.15) is 43.5 Å². The molecule has 0 aromatic heterocycles. The molecule has 0 aliphatic heterocycles. The molecule has 0 aliphatic rings. The van der Waals surface area contributed by atoms with E-state index in [-0.39, 0.29) is 12.2 Å². The third kappa shape index (κ3) is 6.38. The molecule has 4 rings (SSSR count). The number of rotatable bonds is 11. The standard InChI is InChI=1S/C33H34FNO4Si/c1-33(2,40(39,28-10-5-3-6-11-28)29-12-7-4-8-13-29)23-9-14-30(32(37)38)35-31(36)26-17-15-24(16-18-26)25-19-21-27(34)22-20-25/h3-8,10-13,15-22,30,39H,9,14,23H2,1-2H3,(H,35,36)(H,37,38)/t30-/m0/s1. The van der Waals surface area contributed by atoms with E-state index >= 15 is 0 Å². The van der Waals surface area contributed by atoms with Gasteiger partial charge in [0.2, 0.25) is 0 Å². The predicted molar refractivity (Wildman–Crippen MR) is 159 cm³/mol. The summed E-state index contributed by atoms with van der Waals surface area (Å²) in [6.07, 6.45) is 1.31. The number of hydrogen-bond acceptors (Lipinski definition) is 3. The zero-order valence-corrected chi connectivity index (χ0v) is 23.7. The number of amides is 1. The third-order valence-electron chi connectivity index (χ3n) is 7.59. The third-order valence-corrected chi connectivity index (χ3v) is 12.1. The van der Waals surface area contributed by atoms with E-state index in [9.17, 15) is 23.9 Å². The topological polar surface area (TPSA) is 86.6 Å². The Morgan fingerprint density at radius 2 is 1.27 bits per heavy atom. The van der Waals surface area contributed by atoms with Crippen molar-refractivity contribution in [3.05, 3.63) is 121 Å². The smallest absolute Gasteiger partial charge is 0.326 e. The minimum absolute atomic E-state index is 0.228. The average Bonchev–Trinajstić information content (AvgIpc) is 2.97. The zero-order valence-electron chi connectivity index (χ0n) is 22.7. The number of carbonyl (C=O) groups excluding carboxylic acids is 1. The van der Waals surface area contributed by atoms with E-state index in [1.807, 2.05) is 74.5 Å². The molecule has 7 heteroatoms. The molecule has 1 atom stereocenters. The van der Waals surface area contributed by atoms with Crippen LogP contribution in [0.4, 0.5) is 4.39 Å². The molecule has 1 amide bonds. The van der Waals surface area contributed by atoms with E-state index in [1.165, 1.54) is 12.1 Å². The number of halogens is 1. The first-order chi connectivity index (χ1) is 19.1. The molecule has 3 N–H and O–H groups in total. The summed E-state index contributed by atoms with van der Waals surface area (Å²) in [7, 11) is -3.21. The first kappa shape index (κ1) is 28.9. The summed E-state index contributed by atoms with van der Waals surface area (Å²) in [6.45, 7) is 4.08. The molecule has 206 valence electrons. The molecule has 0 radical (unpaired) electrons. The molecule has 0 spiro atoms. The Labute approximate surface area is 235 Å². The van der Waals surface area contributed by atoms with Crippen LogP contribution >= 0.6 is 0 Å². The quantitative estimate of drug-likeness (QED) is 0.217. The summed E-state index contributed by atoms with van der Waals surface area (Å²) in [4.78, 5) is 37.2. The molecule has 0 heterocycles. The van der Waals surface area contributed by atoms with Crippen LogP contribution in [-0.2, 0) is 4.79 Å². The summed E-state index contributed by atoms with van der Waals surface area (Å²) < 4.78 is 13.2. The molecule has 0 aliphatic carbocycles. The number of carboxylic acids is 1. The first-order valence-electron chi connectivity index (χ1n) is 13.3. The molecule has 0 unspecified atom stereocenters. The Bertz CT molecular complexity index is 1390.